The van der Waals surface area contributed by atoms with Crippen molar-refractivity contribution in [1.29, 1.82) is 0 Å². The lowest BCUT2D eigenvalue weighted by Gasteiger charge is -2.14. The van der Waals surface area contributed by atoms with Gasteiger partial charge < -0.3 is 4.42 Å². The van der Waals surface area contributed by atoms with Crippen LogP contribution in [0.3, 0.4) is 0 Å². The maximum Gasteiger partial charge on any atom is 0.105 e. The zero-order valence-corrected chi connectivity index (χ0v) is 10.3. The van der Waals surface area contributed by atoms with Gasteiger partial charge in [0.15, 0.2) is 0 Å². The molecule has 0 aliphatic carbocycles. The third-order valence-electron chi connectivity index (χ3n) is 2.46. The van der Waals surface area contributed by atoms with E-state index in [1.807, 2.05) is 36.4 Å². The van der Waals surface area contributed by atoms with E-state index in [2.05, 4.69) is 21.4 Å². The van der Waals surface area contributed by atoms with Crippen molar-refractivity contribution in [2.24, 2.45) is 5.84 Å². The number of hydrazine groups is 1. The minimum atomic E-state index is 0.0687. The molecule has 84 valence electrons. The first-order valence-corrected chi connectivity index (χ1v) is 5.83. The zero-order valence-electron chi connectivity index (χ0n) is 8.69. The van der Waals surface area contributed by atoms with Crippen molar-refractivity contribution in [2.75, 3.05) is 0 Å². The van der Waals surface area contributed by atoms with Crippen LogP contribution in [0.5, 0.6) is 0 Å². The monoisotopic (exact) mass is 280 g/mol. The largest absolute Gasteiger partial charge is 0.469 e. The van der Waals surface area contributed by atoms with Gasteiger partial charge in [0.1, 0.15) is 5.76 Å². The van der Waals surface area contributed by atoms with Crippen LogP contribution in [0.2, 0.25) is 0 Å². The van der Waals surface area contributed by atoms with Gasteiger partial charge in [-0.3, -0.25) is 11.3 Å². The lowest BCUT2D eigenvalue weighted by atomic mass is 10.0. The molecule has 0 radical (unpaired) electrons. The van der Waals surface area contributed by atoms with E-state index in [0.717, 1.165) is 22.2 Å². The van der Waals surface area contributed by atoms with E-state index in [1.54, 1.807) is 6.26 Å². The number of furan rings is 1. The molecule has 0 amide bonds. The smallest absolute Gasteiger partial charge is 0.105 e. The molecule has 0 fully saturated rings. The molecule has 1 heterocycles. The minimum Gasteiger partial charge on any atom is -0.469 e. The van der Waals surface area contributed by atoms with Crippen LogP contribution in [-0.4, -0.2) is 0 Å². The highest BCUT2D eigenvalue weighted by molar-refractivity contribution is 9.10. The van der Waals surface area contributed by atoms with Crippen molar-refractivity contribution < 1.29 is 4.42 Å². The summed E-state index contributed by atoms with van der Waals surface area (Å²) in [4.78, 5) is 0. The fourth-order valence-corrected chi connectivity index (χ4v) is 1.86. The molecule has 16 heavy (non-hydrogen) atoms. The molecular weight excluding hydrogens is 268 g/mol. The van der Waals surface area contributed by atoms with Gasteiger partial charge >= 0.3 is 0 Å². The number of rotatable bonds is 4. The van der Waals surface area contributed by atoms with Crippen molar-refractivity contribution in [3.8, 4) is 0 Å². The Morgan fingerprint density at radius 2 is 2.00 bits per heavy atom. The summed E-state index contributed by atoms with van der Waals surface area (Å²) in [6.07, 6.45) is 2.41. The lowest BCUT2D eigenvalue weighted by Crippen LogP contribution is -2.29. The number of benzene rings is 1. The highest BCUT2D eigenvalue weighted by Gasteiger charge is 2.11. The van der Waals surface area contributed by atoms with Crippen LogP contribution in [0.15, 0.2) is 51.6 Å². The molecule has 0 aliphatic heterocycles. The van der Waals surface area contributed by atoms with Crippen LogP contribution >= 0.6 is 15.9 Å². The van der Waals surface area contributed by atoms with E-state index in [9.17, 15) is 0 Å². The predicted octanol–water partition coefficient (Wildman–Crippen LogP) is 2.79. The molecule has 1 atom stereocenters. The normalized spacial score (nSPS) is 12.6. The molecule has 3 nitrogen and oxygen atoms in total. The Morgan fingerprint density at radius 3 is 2.56 bits per heavy atom. The summed E-state index contributed by atoms with van der Waals surface area (Å²) >= 11 is 3.41. The van der Waals surface area contributed by atoms with Crippen molar-refractivity contribution in [2.45, 2.75) is 12.5 Å². The fourth-order valence-electron chi connectivity index (χ4n) is 1.60. The number of halogens is 1. The van der Waals surface area contributed by atoms with Crippen LogP contribution in [0.4, 0.5) is 0 Å². The van der Waals surface area contributed by atoms with Gasteiger partial charge in [0.2, 0.25) is 0 Å². The van der Waals surface area contributed by atoms with Crippen molar-refractivity contribution in [3.05, 3.63) is 58.5 Å². The average Bonchev–Trinajstić information content (AvgIpc) is 2.80. The Morgan fingerprint density at radius 1 is 1.25 bits per heavy atom. The van der Waals surface area contributed by atoms with Gasteiger partial charge in [0.05, 0.1) is 12.3 Å². The van der Waals surface area contributed by atoms with Crippen LogP contribution < -0.4 is 11.3 Å². The standard InChI is InChI=1S/C12H13BrN2O/c13-10-5-3-9(4-6-10)12(15-14)8-11-2-1-7-16-11/h1-7,12,15H,8,14H2. The summed E-state index contributed by atoms with van der Waals surface area (Å²) in [5.41, 5.74) is 3.94. The van der Waals surface area contributed by atoms with E-state index in [4.69, 9.17) is 10.3 Å². The molecule has 1 unspecified atom stereocenters. The molecule has 1 aromatic carbocycles. The minimum absolute atomic E-state index is 0.0687. The Hall–Kier alpha value is -1.10. The van der Waals surface area contributed by atoms with E-state index in [-0.39, 0.29) is 6.04 Å². The first-order chi connectivity index (χ1) is 7.79. The number of hydrogen-bond donors (Lipinski definition) is 2. The second kappa shape index (κ2) is 5.30. The average molecular weight is 281 g/mol. The van der Waals surface area contributed by atoms with Gasteiger partial charge in [-0.2, -0.15) is 0 Å². The summed E-state index contributed by atoms with van der Waals surface area (Å²) in [7, 11) is 0. The molecule has 1 aromatic heterocycles. The second-order valence-corrected chi connectivity index (χ2v) is 4.47. The second-order valence-electron chi connectivity index (χ2n) is 3.55. The van der Waals surface area contributed by atoms with Crippen molar-refractivity contribution in [3.63, 3.8) is 0 Å². The van der Waals surface area contributed by atoms with Gasteiger partial charge in [-0.15, -0.1) is 0 Å². The third kappa shape index (κ3) is 2.72. The van der Waals surface area contributed by atoms with E-state index in [1.165, 1.54) is 0 Å². The summed E-state index contributed by atoms with van der Waals surface area (Å²) in [6, 6.07) is 12.0. The maximum atomic E-state index is 5.56. The number of nitrogens with one attached hydrogen (secondary N) is 1. The van der Waals surface area contributed by atoms with Gasteiger partial charge in [0.25, 0.3) is 0 Å². The van der Waals surface area contributed by atoms with Gasteiger partial charge in [-0.25, -0.2) is 0 Å². The van der Waals surface area contributed by atoms with E-state index >= 15 is 0 Å². The SMILES string of the molecule is NNC(Cc1ccco1)c1ccc(Br)cc1. The quantitative estimate of drug-likeness (QED) is 0.669. The molecule has 0 saturated carbocycles. The van der Waals surface area contributed by atoms with Gasteiger partial charge in [-0.05, 0) is 29.8 Å². The molecule has 4 heteroatoms. The lowest BCUT2D eigenvalue weighted by molar-refractivity contribution is 0.455. The van der Waals surface area contributed by atoms with Gasteiger partial charge in [0, 0.05) is 10.9 Å². The molecule has 0 saturated heterocycles. The number of nitrogens with two attached hydrogens (primary N) is 1. The van der Waals surface area contributed by atoms with Crippen LogP contribution in [-0.2, 0) is 6.42 Å². The first-order valence-electron chi connectivity index (χ1n) is 5.03. The van der Waals surface area contributed by atoms with Crippen molar-refractivity contribution >= 4 is 15.9 Å². The predicted molar refractivity (Wildman–Crippen MR) is 66.6 cm³/mol. The fraction of sp³-hybridized carbons (Fsp3) is 0.167. The highest BCUT2D eigenvalue weighted by atomic mass is 79.9. The third-order valence-corrected chi connectivity index (χ3v) is 2.99. The Balaban J connectivity index is 2.13. The number of hydrogen-bond acceptors (Lipinski definition) is 3. The summed E-state index contributed by atoms with van der Waals surface area (Å²) in [5.74, 6) is 6.48. The van der Waals surface area contributed by atoms with Crippen LogP contribution in [0.25, 0.3) is 0 Å². The maximum absolute atomic E-state index is 5.56. The van der Waals surface area contributed by atoms with E-state index < -0.39 is 0 Å². The molecule has 0 aliphatic rings. The Bertz CT molecular complexity index is 425. The zero-order chi connectivity index (χ0) is 11.4. The van der Waals surface area contributed by atoms with E-state index in [0.29, 0.717) is 0 Å². The Kier molecular flexibility index (Phi) is 3.77. The van der Waals surface area contributed by atoms with Crippen LogP contribution in [0, 0.1) is 0 Å². The summed E-state index contributed by atoms with van der Waals surface area (Å²) < 4.78 is 6.37. The first kappa shape index (κ1) is 11.4. The Labute approximate surface area is 103 Å². The summed E-state index contributed by atoms with van der Waals surface area (Å²) in [5, 5.41) is 0. The molecule has 2 aromatic rings. The van der Waals surface area contributed by atoms with Crippen LogP contribution in [0.1, 0.15) is 17.4 Å². The molecular formula is C12H13BrN2O. The topological polar surface area (TPSA) is 51.2 Å². The molecule has 0 bridgehead atoms. The highest BCUT2D eigenvalue weighted by Crippen LogP contribution is 2.20. The molecule has 3 N–H and O–H groups in total. The van der Waals surface area contributed by atoms with Crippen molar-refractivity contribution in [1.82, 2.24) is 5.43 Å². The summed E-state index contributed by atoms with van der Waals surface area (Å²) in [6.45, 7) is 0. The molecule has 0 spiro atoms. The van der Waals surface area contributed by atoms with Gasteiger partial charge in [-0.1, -0.05) is 28.1 Å². The molecule has 2 rings (SSSR count).